The Hall–Kier alpha value is -2.17. The second-order valence-electron chi connectivity index (χ2n) is 5.68. The van der Waals surface area contributed by atoms with Crippen molar-refractivity contribution in [2.75, 3.05) is 0 Å². The largest absolute Gasteiger partial charge is 0.481 e. The van der Waals surface area contributed by atoms with Gasteiger partial charge in [0, 0.05) is 6.54 Å². The lowest BCUT2D eigenvalue weighted by Crippen LogP contribution is -2.39. The molecular formula is C16H16FNO3. The van der Waals surface area contributed by atoms with Crippen LogP contribution in [0.1, 0.15) is 12.0 Å². The molecule has 1 aromatic carbocycles. The normalized spacial score (nSPS) is 29.6. The van der Waals surface area contributed by atoms with Gasteiger partial charge in [0.25, 0.3) is 0 Å². The number of amides is 1. The Balaban J connectivity index is 1.66. The molecule has 1 fully saturated rings. The number of benzene rings is 1. The van der Waals surface area contributed by atoms with E-state index in [4.69, 9.17) is 0 Å². The molecule has 2 N–H and O–H groups in total. The topological polar surface area (TPSA) is 66.4 Å². The van der Waals surface area contributed by atoms with Crippen LogP contribution in [0.2, 0.25) is 0 Å². The van der Waals surface area contributed by atoms with E-state index in [0.717, 1.165) is 12.0 Å². The molecular weight excluding hydrogens is 273 g/mol. The first kappa shape index (κ1) is 13.8. The number of carboxylic acid groups (broad SMARTS) is 1. The molecule has 0 heterocycles. The van der Waals surface area contributed by atoms with Crippen LogP contribution in [0.3, 0.4) is 0 Å². The Morgan fingerprint density at radius 3 is 2.38 bits per heavy atom. The summed E-state index contributed by atoms with van der Waals surface area (Å²) < 4.78 is 12.8. The predicted molar refractivity (Wildman–Crippen MR) is 73.6 cm³/mol. The number of hydrogen-bond donors (Lipinski definition) is 2. The smallest absolute Gasteiger partial charge is 0.307 e. The highest BCUT2D eigenvalue weighted by Crippen LogP contribution is 2.48. The molecule has 5 heteroatoms. The number of halogens is 1. The number of nitrogens with one attached hydrogen (secondary N) is 1. The number of fused-ring (bicyclic) bond motifs is 2. The van der Waals surface area contributed by atoms with Crippen molar-refractivity contribution in [2.45, 2.75) is 13.0 Å². The number of rotatable bonds is 4. The predicted octanol–water partition coefficient (Wildman–Crippen LogP) is 1.96. The van der Waals surface area contributed by atoms with Crippen LogP contribution in [0.25, 0.3) is 0 Å². The van der Waals surface area contributed by atoms with E-state index in [1.807, 2.05) is 12.2 Å². The van der Waals surface area contributed by atoms with Crippen molar-refractivity contribution < 1.29 is 19.1 Å². The Morgan fingerprint density at radius 1 is 1.14 bits per heavy atom. The van der Waals surface area contributed by atoms with Gasteiger partial charge < -0.3 is 10.4 Å². The summed E-state index contributed by atoms with van der Waals surface area (Å²) in [5.41, 5.74) is 0.787. The minimum Gasteiger partial charge on any atom is -0.481 e. The molecule has 1 saturated carbocycles. The van der Waals surface area contributed by atoms with Crippen molar-refractivity contribution in [3.63, 3.8) is 0 Å². The zero-order chi connectivity index (χ0) is 15.0. The van der Waals surface area contributed by atoms with Crippen molar-refractivity contribution in [1.82, 2.24) is 5.32 Å². The molecule has 2 aliphatic rings. The first-order valence-corrected chi connectivity index (χ1v) is 6.99. The second kappa shape index (κ2) is 5.31. The van der Waals surface area contributed by atoms with E-state index in [1.54, 1.807) is 12.1 Å². The average Bonchev–Trinajstić information content (AvgIpc) is 3.06. The lowest BCUT2D eigenvalue weighted by molar-refractivity contribution is -0.147. The third-order valence-electron chi connectivity index (χ3n) is 4.43. The van der Waals surface area contributed by atoms with Gasteiger partial charge >= 0.3 is 5.97 Å². The van der Waals surface area contributed by atoms with E-state index in [2.05, 4.69) is 5.32 Å². The summed E-state index contributed by atoms with van der Waals surface area (Å²) in [5, 5.41) is 12.1. The van der Waals surface area contributed by atoms with Gasteiger partial charge in [0.15, 0.2) is 0 Å². The minimum absolute atomic E-state index is 0.0179. The van der Waals surface area contributed by atoms with Crippen molar-refractivity contribution in [2.24, 2.45) is 23.7 Å². The first-order valence-electron chi connectivity index (χ1n) is 6.99. The maximum atomic E-state index is 12.8. The van der Waals surface area contributed by atoms with Crippen LogP contribution >= 0.6 is 0 Å². The third-order valence-corrected chi connectivity index (χ3v) is 4.43. The third kappa shape index (κ3) is 2.55. The van der Waals surface area contributed by atoms with Crippen molar-refractivity contribution >= 4 is 11.9 Å². The number of aliphatic carboxylic acids is 1. The number of carboxylic acids is 1. The Labute approximate surface area is 121 Å². The van der Waals surface area contributed by atoms with Gasteiger partial charge in [-0.2, -0.15) is 0 Å². The zero-order valence-corrected chi connectivity index (χ0v) is 11.3. The summed E-state index contributed by atoms with van der Waals surface area (Å²) in [7, 11) is 0. The van der Waals surface area contributed by atoms with Crippen molar-refractivity contribution in [3.8, 4) is 0 Å². The SMILES string of the molecule is O=C(O)[C@@H]1[C@@H](C(=O)NCc2ccc(F)cc2)[C@H]2C=C[C@H]1C2. The van der Waals surface area contributed by atoms with Crippen LogP contribution in [0.5, 0.6) is 0 Å². The summed E-state index contributed by atoms with van der Waals surface area (Å²) in [6.45, 7) is 0.281. The van der Waals surface area contributed by atoms with Crippen LogP contribution in [0.4, 0.5) is 4.39 Å². The summed E-state index contributed by atoms with van der Waals surface area (Å²) in [6, 6.07) is 5.87. The van der Waals surface area contributed by atoms with E-state index in [1.165, 1.54) is 12.1 Å². The number of carbonyl (C=O) groups excluding carboxylic acids is 1. The van der Waals surface area contributed by atoms with Gasteiger partial charge in [-0.3, -0.25) is 9.59 Å². The van der Waals surface area contributed by atoms with E-state index >= 15 is 0 Å². The van der Waals surface area contributed by atoms with Gasteiger partial charge in [0.05, 0.1) is 11.8 Å². The van der Waals surface area contributed by atoms with E-state index < -0.39 is 17.8 Å². The van der Waals surface area contributed by atoms with Gasteiger partial charge in [0.2, 0.25) is 5.91 Å². The van der Waals surface area contributed by atoms with E-state index in [-0.39, 0.29) is 30.1 Å². The summed E-state index contributed by atoms with van der Waals surface area (Å²) in [4.78, 5) is 23.7. The molecule has 0 unspecified atom stereocenters. The van der Waals surface area contributed by atoms with Crippen LogP contribution in [-0.2, 0) is 16.1 Å². The summed E-state index contributed by atoms with van der Waals surface area (Å²) in [6.07, 6.45) is 4.60. The standard InChI is InChI=1S/C16H16FNO3/c17-12-5-1-9(2-6-12)8-18-15(19)13-10-3-4-11(7-10)14(13)16(20)21/h1-6,10-11,13-14H,7-8H2,(H,18,19)(H,20,21)/t10-,11-,13-,14-/m0/s1. The molecule has 2 bridgehead atoms. The number of carbonyl (C=O) groups is 2. The molecule has 21 heavy (non-hydrogen) atoms. The van der Waals surface area contributed by atoms with E-state index in [9.17, 15) is 19.1 Å². The van der Waals surface area contributed by atoms with Gasteiger partial charge in [-0.15, -0.1) is 0 Å². The fourth-order valence-electron chi connectivity index (χ4n) is 3.43. The molecule has 1 amide bonds. The highest BCUT2D eigenvalue weighted by Gasteiger charge is 2.51. The highest BCUT2D eigenvalue weighted by atomic mass is 19.1. The zero-order valence-electron chi connectivity index (χ0n) is 11.3. The fraction of sp³-hybridized carbons (Fsp3) is 0.375. The monoisotopic (exact) mass is 289 g/mol. The highest BCUT2D eigenvalue weighted by molar-refractivity contribution is 5.86. The molecule has 4 atom stereocenters. The molecule has 0 aliphatic heterocycles. The minimum atomic E-state index is -0.909. The van der Waals surface area contributed by atoms with Crippen molar-refractivity contribution in [3.05, 3.63) is 47.8 Å². The molecule has 0 saturated heterocycles. The second-order valence-corrected chi connectivity index (χ2v) is 5.68. The number of hydrogen-bond acceptors (Lipinski definition) is 2. The molecule has 110 valence electrons. The van der Waals surface area contributed by atoms with Gasteiger partial charge in [-0.1, -0.05) is 24.3 Å². The molecule has 0 aromatic heterocycles. The summed E-state index contributed by atoms with van der Waals surface area (Å²) in [5.74, 6) is -2.61. The molecule has 3 rings (SSSR count). The molecule has 4 nitrogen and oxygen atoms in total. The van der Waals surface area contributed by atoms with Crippen molar-refractivity contribution in [1.29, 1.82) is 0 Å². The molecule has 0 radical (unpaired) electrons. The Bertz CT molecular complexity index is 596. The lowest BCUT2D eigenvalue weighted by Gasteiger charge is -2.23. The van der Waals surface area contributed by atoms with Gasteiger partial charge in [-0.05, 0) is 36.0 Å². The fourth-order valence-corrected chi connectivity index (χ4v) is 3.43. The average molecular weight is 289 g/mol. The number of allylic oxidation sites excluding steroid dienone is 2. The van der Waals surface area contributed by atoms with Crippen LogP contribution < -0.4 is 5.32 Å². The van der Waals surface area contributed by atoms with Crippen LogP contribution in [-0.4, -0.2) is 17.0 Å². The first-order chi connectivity index (χ1) is 10.1. The Kier molecular flexibility index (Phi) is 3.49. The van der Waals surface area contributed by atoms with E-state index in [0.29, 0.717) is 0 Å². The molecule has 0 spiro atoms. The quantitative estimate of drug-likeness (QED) is 0.833. The summed E-state index contributed by atoms with van der Waals surface area (Å²) >= 11 is 0. The van der Waals surface area contributed by atoms with Crippen LogP contribution in [0.15, 0.2) is 36.4 Å². The lowest BCUT2D eigenvalue weighted by atomic mass is 9.82. The van der Waals surface area contributed by atoms with Gasteiger partial charge in [-0.25, -0.2) is 4.39 Å². The maximum absolute atomic E-state index is 12.8. The van der Waals surface area contributed by atoms with Crippen LogP contribution in [0, 0.1) is 29.5 Å². The molecule has 1 aromatic rings. The van der Waals surface area contributed by atoms with Gasteiger partial charge in [0.1, 0.15) is 5.82 Å². The molecule has 2 aliphatic carbocycles. The Morgan fingerprint density at radius 2 is 1.76 bits per heavy atom. The maximum Gasteiger partial charge on any atom is 0.307 e.